The van der Waals surface area contributed by atoms with E-state index in [1.54, 1.807) is 67.8 Å². The van der Waals surface area contributed by atoms with Crippen LogP contribution >= 0.6 is 39.1 Å². The van der Waals surface area contributed by atoms with Crippen LogP contribution in [0.5, 0.6) is 17.2 Å². The molecule has 96 heavy (non-hydrogen) atoms. The van der Waals surface area contributed by atoms with Gasteiger partial charge in [-0.3, -0.25) is 9.97 Å². The number of ether oxygens (including phenoxy) is 2. The second-order valence-corrected chi connectivity index (χ2v) is 20.7. The van der Waals surface area contributed by atoms with Gasteiger partial charge in [-0.2, -0.15) is 8.78 Å². The number of halogens is 5. The van der Waals surface area contributed by atoms with Crippen molar-refractivity contribution in [2.45, 2.75) is 26.4 Å². The van der Waals surface area contributed by atoms with Gasteiger partial charge in [-0.05, 0) is 98.3 Å². The van der Waals surface area contributed by atoms with Crippen LogP contribution in [0.25, 0.3) is 0 Å². The highest BCUT2D eigenvalue weighted by Crippen LogP contribution is 2.34. The molecule has 6 heterocycles. The van der Waals surface area contributed by atoms with E-state index in [4.69, 9.17) is 60.4 Å². The van der Waals surface area contributed by atoms with E-state index >= 15 is 0 Å². The zero-order valence-electron chi connectivity index (χ0n) is 51.9. The molecule has 0 amide bonds. The van der Waals surface area contributed by atoms with Gasteiger partial charge in [-0.25, -0.2) is 39.9 Å². The highest BCUT2D eigenvalue weighted by molar-refractivity contribution is 9.10. The number of nitrogens with zero attached hydrogens (tertiary/aromatic N) is 14. The molecule has 0 fully saturated rings. The SMILES string of the molecule is CCO/N=C/c1c(N)ncnc1Nc1ccc(OCc2ccccc2)c(Cl)c1.CO/N=C/c1c(N)ncnc1NCC(F)(F)c1cccc(C)n1.CO/N=C/c1c(N)ncnc1Nc1ccc(Oc2cccnc2)c(Cl)c1.CO/N=C/c1c(N)ncnc1Nc1cccc(Br)c1. The van der Waals surface area contributed by atoms with E-state index in [2.05, 4.69) is 122 Å². The van der Waals surface area contributed by atoms with E-state index in [-0.39, 0.29) is 34.5 Å². The molecule has 496 valence electrons. The fourth-order valence-electron chi connectivity index (χ4n) is 7.70. The molecular weight excluding hydrogens is 1350 g/mol. The molecule has 0 aliphatic rings. The summed E-state index contributed by atoms with van der Waals surface area (Å²) in [7, 11) is 4.24. The van der Waals surface area contributed by atoms with Crippen molar-refractivity contribution in [3.8, 4) is 17.2 Å². The third-order valence-electron chi connectivity index (χ3n) is 12.2. The molecule has 0 unspecified atom stereocenters. The summed E-state index contributed by atoms with van der Waals surface area (Å²) < 4.78 is 41.0. The number of alkyl halides is 2. The standard InChI is InChI=1S/C20H20ClN5O2.C17H15ClN6O2.C14H16F2N6O.C12H12BrN5O/c1-2-28-25-11-16-19(22)23-13-24-20(16)26-15-8-9-18(17(21)10-15)27-12-14-6-4-3-5-7-14;1-25-23-9-13-16(19)21-10-22-17(13)24-11-4-5-15(14(18)7-11)26-12-3-2-6-20-8-12;1-9-4-3-5-11(22-9)14(15,16)7-18-13-10(6-21-23-2)12(17)19-8-20-13;1-19-17-6-10-11(14)15-7-16-12(10)18-9-4-2-3-8(13)5-9/h3-11,13H,2,12H2,1H3,(H3,22,23,24,26);2-10H,1H3,(H3,19,21,22,24);3-6,8H,7H2,1-2H3,(H3,17,18,19,20);2-7H,1H3,(H3,14,15,16,18)/b25-11+;23-9+;21-6+;17-6+. The van der Waals surface area contributed by atoms with Gasteiger partial charge in [0.15, 0.2) is 0 Å². The number of aromatic nitrogens is 10. The predicted molar refractivity (Wildman–Crippen MR) is 372 cm³/mol. The van der Waals surface area contributed by atoms with E-state index in [0.29, 0.717) is 91.9 Å². The molecular formula is C63H63BrCl2F2N22O6. The third kappa shape index (κ3) is 22.3. The van der Waals surface area contributed by atoms with Crippen molar-refractivity contribution in [1.82, 2.24) is 49.8 Å². The highest BCUT2D eigenvalue weighted by atomic mass is 79.9. The molecule has 4 aromatic carbocycles. The molecule has 6 aromatic heterocycles. The zero-order valence-corrected chi connectivity index (χ0v) is 54.9. The molecule has 0 spiro atoms. The first kappa shape index (κ1) is 71.7. The lowest BCUT2D eigenvalue weighted by molar-refractivity contribution is 0.00576. The lowest BCUT2D eigenvalue weighted by atomic mass is 10.2. The summed E-state index contributed by atoms with van der Waals surface area (Å²) in [6.07, 6.45) is 14.2. The Morgan fingerprint density at radius 3 is 1.52 bits per heavy atom. The van der Waals surface area contributed by atoms with E-state index < -0.39 is 12.5 Å². The van der Waals surface area contributed by atoms with Gasteiger partial charge in [0, 0.05) is 33.4 Å². The molecule has 0 saturated heterocycles. The molecule has 10 aromatic rings. The summed E-state index contributed by atoms with van der Waals surface area (Å²) >= 11 is 16.1. The largest absolute Gasteiger partial charge is 0.487 e. The Morgan fingerprint density at radius 2 is 1.04 bits per heavy atom. The van der Waals surface area contributed by atoms with Crippen molar-refractivity contribution >= 4 is 128 Å². The normalized spacial score (nSPS) is 10.9. The van der Waals surface area contributed by atoms with Crippen LogP contribution in [0.1, 0.15) is 46.1 Å². The molecule has 33 heteroatoms. The van der Waals surface area contributed by atoms with Gasteiger partial charge in [-0.15, -0.1) is 0 Å². The number of hydrogen-bond acceptors (Lipinski definition) is 28. The van der Waals surface area contributed by atoms with E-state index in [1.807, 2.05) is 67.6 Å². The second-order valence-electron chi connectivity index (χ2n) is 19.0. The number of benzene rings is 4. The van der Waals surface area contributed by atoms with Gasteiger partial charge in [0.05, 0.1) is 69.9 Å². The Labute approximate surface area is 567 Å². The van der Waals surface area contributed by atoms with Crippen molar-refractivity contribution in [2.75, 3.05) is 78.7 Å². The van der Waals surface area contributed by atoms with Gasteiger partial charge >= 0.3 is 5.92 Å². The number of pyridine rings is 2. The Balaban J connectivity index is 0.000000182. The van der Waals surface area contributed by atoms with Crippen LogP contribution in [0.15, 0.2) is 184 Å². The minimum Gasteiger partial charge on any atom is -0.487 e. The van der Waals surface area contributed by atoms with E-state index in [9.17, 15) is 8.78 Å². The van der Waals surface area contributed by atoms with E-state index in [0.717, 1.165) is 21.4 Å². The molecule has 10 rings (SSSR count). The average molecular weight is 1410 g/mol. The number of nitrogens with one attached hydrogen (secondary N) is 4. The van der Waals surface area contributed by atoms with Gasteiger partial charge in [0.1, 0.15) is 129 Å². The third-order valence-corrected chi connectivity index (χ3v) is 13.3. The molecule has 12 N–H and O–H groups in total. The monoisotopic (exact) mass is 1410 g/mol. The number of nitrogen functional groups attached to an aromatic ring is 4. The van der Waals surface area contributed by atoms with Crippen molar-refractivity contribution in [3.05, 3.63) is 213 Å². The maximum atomic E-state index is 14.2. The molecule has 0 saturated carbocycles. The lowest BCUT2D eigenvalue weighted by Crippen LogP contribution is -2.27. The van der Waals surface area contributed by atoms with Crippen LogP contribution < -0.4 is 53.7 Å². The molecule has 0 atom stereocenters. The topological polar surface area (TPSA) is 386 Å². The van der Waals surface area contributed by atoms with Crippen molar-refractivity contribution < 1.29 is 37.6 Å². The smallest absolute Gasteiger partial charge is 0.306 e. The molecule has 0 radical (unpaired) electrons. The number of nitrogens with two attached hydrogens (primary N) is 4. The maximum absolute atomic E-state index is 14.2. The minimum atomic E-state index is -3.18. The summed E-state index contributed by atoms with van der Waals surface area (Å²) in [5.74, 6) is 1.15. The van der Waals surface area contributed by atoms with Crippen LogP contribution in [-0.2, 0) is 31.9 Å². The van der Waals surface area contributed by atoms with Crippen LogP contribution in [0.4, 0.5) is 72.4 Å². The number of aryl methyl sites for hydroxylation is 1. The second kappa shape index (κ2) is 37.1. The maximum Gasteiger partial charge on any atom is 0.306 e. The summed E-state index contributed by atoms with van der Waals surface area (Å²) in [5.41, 5.74) is 28.7. The number of rotatable bonds is 24. The Kier molecular flexibility index (Phi) is 27.7. The molecule has 0 bridgehead atoms. The van der Waals surface area contributed by atoms with Crippen LogP contribution in [0, 0.1) is 6.92 Å². The Morgan fingerprint density at radius 1 is 0.552 bits per heavy atom. The van der Waals surface area contributed by atoms with Gasteiger partial charge < -0.3 is 73.0 Å². The predicted octanol–water partition coefficient (Wildman–Crippen LogP) is 12.5. The van der Waals surface area contributed by atoms with Crippen molar-refractivity contribution in [3.63, 3.8) is 0 Å². The van der Waals surface area contributed by atoms with Crippen molar-refractivity contribution in [2.24, 2.45) is 20.6 Å². The first-order valence-electron chi connectivity index (χ1n) is 28.2. The quantitative estimate of drug-likeness (QED) is 0.0206. The van der Waals surface area contributed by atoms with Gasteiger partial charge in [-0.1, -0.05) is 102 Å². The van der Waals surface area contributed by atoms with Crippen molar-refractivity contribution in [1.29, 1.82) is 0 Å². The summed E-state index contributed by atoms with van der Waals surface area (Å²) in [6, 6.07) is 36.3. The number of hydrogen-bond donors (Lipinski definition) is 8. The molecule has 0 aliphatic heterocycles. The number of anilines is 11. The van der Waals surface area contributed by atoms with Gasteiger partial charge in [0.2, 0.25) is 0 Å². The first-order chi connectivity index (χ1) is 46.5. The summed E-state index contributed by atoms with van der Waals surface area (Å²) in [6.45, 7) is 3.68. The van der Waals surface area contributed by atoms with E-state index in [1.165, 1.54) is 83.6 Å². The number of oxime groups is 4. The van der Waals surface area contributed by atoms with Crippen LogP contribution in [-0.4, -0.2) is 109 Å². The summed E-state index contributed by atoms with van der Waals surface area (Å²) in [4.78, 5) is 58.8. The zero-order chi connectivity index (χ0) is 68.7. The fourth-order valence-corrected chi connectivity index (χ4v) is 8.55. The Hall–Kier alpha value is -11.7. The van der Waals surface area contributed by atoms with Gasteiger partial charge in [0.25, 0.3) is 0 Å². The summed E-state index contributed by atoms with van der Waals surface area (Å²) in [5, 5.41) is 27.7. The molecule has 28 nitrogen and oxygen atoms in total. The fraction of sp³-hybridized carbons (Fsp3) is 0.143. The van der Waals surface area contributed by atoms with Crippen LogP contribution in [0.2, 0.25) is 10.0 Å². The first-order valence-corrected chi connectivity index (χ1v) is 29.8. The average Bonchev–Trinajstić information content (AvgIpc) is 0.917. The molecule has 0 aliphatic carbocycles. The Bertz CT molecular complexity index is 4250. The van der Waals surface area contributed by atoms with Crippen LogP contribution in [0.3, 0.4) is 0 Å². The highest BCUT2D eigenvalue weighted by Gasteiger charge is 2.33. The minimum absolute atomic E-state index is 0.0975. The lowest BCUT2D eigenvalue weighted by Gasteiger charge is -2.18.